The van der Waals surface area contributed by atoms with Crippen molar-refractivity contribution in [1.29, 1.82) is 0 Å². The van der Waals surface area contributed by atoms with Gasteiger partial charge in [-0.2, -0.15) is 11.8 Å². The minimum atomic E-state index is 0.286. The van der Waals surface area contributed by atoms with Gasteiger partial charge in [0.1, 0.15) is 0 Å². The van der Waals surface area contributed by atoms with E-state index in [0.29, 0.717) is 11.9 Å². The molecule has 1 aliphatic carbocycles. The maximum absolute atomic E-state index is 12.7. The predicted octanol–water partition coefficient (Wildman–Crippen LogP) is 2.87. The summed E-state index contributed by atoms with van der Waals surface area (Å²) in [7, 11) is 0. The second-order valence-electron chi connectivity index (χ2n) is 8.02. The maximum atomic E-state index is 12.7. The highest BCUT2D eigenvalue weighted by atomic mass is 32.2. The Morgan fingerprint density at radius 1 is 1.12 bits per heavy atom. The lowest BCUT2D eigenvalue weighted by molar-refractivity contribution is -0.135. The highest BCUT2D eigenvalue weighted by Crippen LogP contribution is 2.27. The van der Waals surface area contributed by atoms with E-state index >= 15 is 0 Å². The number of nitrogens with zero attached hydrogens (tertiary/aromatic N) is 2. The molecule has 0 aromatic heterocycles. The average Bonchev–Trinajstić information content (AvgIpc) is 3.16. The van der Waals surface area contributed by atoms with Crippen molar-refractivity contribution in [2.24, 2.45) is 16.8 Å². The van der Waals surface area contributed by atoms with Crippen LogP contribution in [0.15, 0.2) is 4.99 Å². The number of carbonyl (C=O) groups is 1. The van der Waals surface area contributed by atoms with Crippen LogP contribution in [-0.2, 0) is 4.79 Å². The van der Waals surface area contributed by atoms with Gasteiger partial charge in [-0.3, -0.25) is 9.79 Å². The fraction of sp³-hybridized carbons (Fsp3) is 0.900. The van der Waals surface area contributed by atoms with Crippen LogP contribution >= 0.6 is 11.8 Å². The SMILES string of the molecule is CCNC(=NCC1CCSCC1)NC1CCN(C(=O)C2CCCCC2)C1. The normalized spacial score (nSPS) is 26.1. The van der Waals surface area contributed by atoms with E-state index < -0.39 is 0 Å². The molecule has 0 aromatic rings. The minimum absolute atomic E-state index is 0.286. The Labute approximate surface area is 163 Å². The van der Waals surface area contributed by atoms with Crippen LogP contribution in [0.2, 0.25) is 0 Å². The van der Waals surface area contributed by atoms with E-state index in [1.54, 1.807) is 0 Å². The molecule has 148 valence electrons. The molecule has 2 heterocycles. The molecule has 0 radical (unpaired) electrons. The Balaban J connectivity index is 1.47. The van der Waals surface area contributed by atoms with Crippen LogP contribution in [0.4, 0.5) is 0 Å². The first-order chi connectivity index (χ1) is 12.8. The lowest BCUT2D eigenvalue weighted by Gasteiger charge is -2.26. The van der Waals surface area contributed by atoms with Gasteiger partial charge >= 0.3 is 0 Å². The third-order valence-electron chi connectivity index (χ3n) is 5.99. The van der Waals surface area contributed by atoms with Gasteiger partial charge in [-0.1, -0.05) is 19.3 Å². The Kier molecular flexibility index (Phi) is 7.96. The third-order valence-corrected chi connectivity index (χ3v) is 7.04. The van der Waals surface area contributed by atoms with Crippen LogP contribution in [0.25, 0.3) is 0 Å². The summed E-state index contributed by atoms with van der Waals surface area (Å²) in [4.78, 5) is 19.7. The van der Waals surface area contributed by atoms with Gasteiger partial charge in [-0.15, -0.1) is 0 Å². The number of likely N-dealkylation sites (tertiary alicyclic amines) is 1. The van der Waals surface area contributed by atoms with Gasteiger partial charge in [0, 0.05) is 38.1 Å². The third kappa shape index (κ3) is 5.80. The molecule has 0 bridgehead atoms. The fourth-order valence-electron chi connectivity index (χ4n) is 4.35. The first kappa shape index (κ1) is 19.8. The van der Waals surface area contributed by atoms with Gasteiger partial charge < -0.3 is 15.5 Å². The Bertz CT molecular complexity index is 472. The number of aliphatic imine (C=N–C) groups is 1. The van der Waals surface area contributed by atoms with E-state index in [0.717, 1.165) is 57.3 Å². The summed E-state index contributed by atoms with van der Waals surface area (Å²) in [5.74, 6) is 4.92. The zero-order valence-electron chi connectivity index (χ0n) is 16.3. The predicted molar refractivity (Wildman–Crippen MR) is 111 cm³/mol. The molecule has 6 heteroatoms. The van der Waals surface area contributed by atoms with Crippen molar-refractivity contribution in [3.05, 3.63) is 0 Å². The van der Waals surface area contributed by atoms with Crippen LogP contribution in [-0.4, -0.2) is 60.5 Å². The van der Waals surface area contributed by atoms with Crippen molar-refractivity contribution >= 4 is 23.6 Å². The molecular formula is C20H36N4OS. The molecule has 1 unspecified atom stereocenters. The van der Waals surface area contributed by atoms with E-state index in [9.17, 15) is 4.79 Å². The molecule has 0 aromatic carbocycles. The number of hydrogen-bond acceptors (Lipinski definition) is 3. The smallest absolute Gasteiger partial charge is 0.225 e. The van der Waals surface area contributed by atoms with Gasteiger partial charge in [0.05, 0.1) is 0 Å². The molecule has 1 atom stereocenters. The number of hydrogen-bond donors (Lipinski definition) is 2. The maximum Gasteiger partial charge on any atom is 0.225 e. The lowest BCUT2D eigenvalue weighted by Crippen LogP contribution is -2.45. The molecule has 3 rings (SSSR count). The number of carbonyl (C=O) groups excluding carboxylic acids is 1. The number of amides is 1. The number of guanidine groups is 1. The van der Waals surface area contributed by atoms with Crippen LogP contribution in [0.1, 0.15) is 58.3 Å². The number of thioether (sulfide) groups is 1. The molecule has 2 N–H and O–H groups in total. The standard InChI is InChI=1S/C20H36N4OS/c1-2-21-20(22-14-16-9-12-26-13-10-16)23-18-8-11-24(15-18)19(25)17-6-4-3-5-7-17/h16-18H,2-15H2,1H3,(H2,21,22,23). The molecule has 5 nitrogen and oxygen atoms in total. The summed E-state index contributed by atoms with van der Waals surface area (Å²) in [5.41, 5.74) is 0. The highest BCUT2D eigenvalue weighted by molar-refractivity contribution is 7.99. The van der Waals surface area contributed by atoms with Gasteiger partial charge in [0.15, 0.2) is 5.96 Å². The first-order valence-electron chi connectivity index (χ1n) is 10.7. The van der Waals surface area contributed by atoms with Crippen LogP contribution < -0.4 is 10.6 Å². The largest absolute Gasteiger partial charge is 0.357 e. The number of rotatable bonds is 5. The molecule has 26 heavy (non-hydrogen) atoms. The van der Waals surface area contributed by atoms with Gasteiger partial charge in [0.2, 0.25) is 5.91 Å². The zero-order chi connectivity index (χ0) is 18.2. The summed E-state index contributed by atoms with van der Waals surface area (Å²) >= 11 is 2.07. The van der Waals surface area contributed by atoms with E-state index in [1.807, 2.05) is 0 Å². The Morgan fingerprint density at radius 3 is 2.62 bits per heavy atom. The molecule has 1 amide bonds. The summed E-state index contributed by atoms with van der Waals surface area (Å²) in [5, 5.41) is 6.97. The van der Waals surface area contributed by atoms with Crippen molar-refractivity contribution in [3.63, 3.8) is 0 Å². The molecule has 3 aliphatic rings. The average molecular weight is 381 g/mol. The zero-order valence-corrected chi connectivity index (χ0v) is 17.2. The van der Waals surface area contributed by atoms with Crippen LogP contribution in [0.3, 0.4) is 0 Å². The lowest BCUT2D eigenvalue weighted by atomic mass is 9.88. The van der Waals surface area contributed by atoms with Gasteiger partial charge in [0.25, 0.3) is 0 Å². The van der Waals surface area contributed by atoms with E-state index in [-0.39, 0.29) is 5.92 Å². The van der Waals surface area contributed by atoms with Crippen LogP contribution in [0.5, 0.6) is 0 Å². The summed E-state index contributed by atoms with van der Waals surface area (Å²) in [6, 6.07) is 0.335. The second kappa shape index (κ2) is 10.4. The van der Waals surface area contributed by atoms with Crippen LogP contribution in [0, 0.1) is 11.8 Å². The molecule has 2 saturated heterocycles. The summed E-state index contributed by atoms with van der Waals surface area (Å²) in [6.07, 6.45) is 9.56. The summed E-state index contributed by atoms with van der Waals surface area (Å²) < 4.78 is 0. The topological polar surface area (TPSA) is 56.7 Å². The van der Waals surface area contributed by atoms with Crippen molar-refractivity contribution in [1.82, 2.24) is 15.5 Å². The molecule has 2 aliphatic heterocycles. The van der Waals surface area contributed by atoms with Crippen molar-refractivity contribution in [2.75, 3.05) is 37.7 Å². The Morgan fingerprint density at radius 2 is 1.88 bits per heavy atom. The highest BCUT2D eigenvalue weighted by Gasteiger charge is 2.31. The minimum Gasteiger partial charge on any atom is -0.357 e. The fourth-order valence-corrected chi connectivity index (χ4v) is 5.55. The molecule has 0 spiro atoms. The quantitative estimate of drug-likeness (QED) is 0.569. The Hall–Kier alpha value is -0.910. The van der Waals surface area contributed by atoms with Crippen molar-refractivity contribution < 1.29 is 4.79 Å². The molecule has 3 fully saturated rings. The second-order valence-corrected chi connectivity index (χ2v) is 9.25. The van der Waals surface area contributed by atoms with E-state index in [4.69, 9.17) is 4.99 Å². The summed E-state index contributed by atoms with van der Waals surface area (Å²) in [6.45, 7) is 5.64. The van der Waals surface area contributed by atoms with Crippen molar-refractivity contribution in [2.45, 2.75) is 64.3 Å². The van der Waals surface area contributed by atoms with Gasteiger partial charge in [-0.25, -0.2) is 0 Å². The molecule has 1 saturated carbocycles. The van der Waals surface area contributed by atoms with Gasteiger partial charge in [-0.05, 0) is 56.5 Å². The molecular weight excluding hydrogens is 344 g/mol. The van der Waals surface area contributed by atoms with Crippen molar-refractivity contribution in [3.8, 4) is 0 Å². The number of nitrogens with one attached hydrogen (secondary N) is 2. The van der Waals surface area contributed by atoms with E-state index in [1.165, 1.54) is 43.6 Å². The van der Waals surface area contributed by atoms with E-state index in [2.05, 4.69) is 34.2 Å². The monoisotopic (exact) mass is 380 g/mol. The first-order valence-corrected chi connectivity index (χ1v) is 11.8.